The summed E-state index contributed by atoms with van der Waals surface area (Å²) >= 11 is 0. The molecule has 2 nitrogen and oxygen atoms in total. The Kier molecular flexibility index (Phi) is 4.75. The van der Waals surface area contributed by atoms with Crippen LogP contribution in [0.15, 0.2) is 90.8 Å². The fraction of sp³-hybridized carbons (Fsp3) is 0.182. The van der Waals surface area contributed by atoms with E-state index < -0.39 is 0 Å². The van der Waals surface area contributed by atoms with Gasteiger partial charge in [-0.25, -0.2) is 4.39 Å². The summed E-state index contributed by atoms with van der Waals surface area (Å²) in [5, 5.41) is 0. The lowest BCUT2D eigenvalue weighted by atomic mass is 9.77. The molecular weight excluding hydrogens is 311 g/mol. The number of allylic oxidation sites excluding steroid dienone is 6. The number of nitrogens with zero attached hydrogens (tertiary/aromatic N) is 1. The maximum absolute atomic E-state index is 13.2. The molecule has 128 valence electrons. The van der Waals surface area contributed by atoms with Crippen molar-refractivity contribution >= 4 is 5.57 Å². The van der Waals surface area contributed by atoms with E-state index in [0.717, 1.165) is 17.8 Å². The van der Waals surface area contributed by atoms with Gasteiger partial charge in [0, 0.05) is 18.2 Å². The molecule has 3 aliphatic rings. The van der Waals surface area contributed by atoms with Crippen LogP contribution in [0.2, 0.25) is 0 Å². The summed E-state index contributed by atoms with van der Waals surface area (Å²) < 4.78 is 13.2. The van der Waals surface area contributed by atoms with Crippen molar-refractivity contribution in [2.45, 2.75) is 13.0 Å². The number of hydrogen-bond donors (Lipinski definition) is 1. The molecule has 1 fully saturated rings. The third-order valence-electron chi connectivity index (χ3n) is 4.87. The molecular formula is C22H23FN2. The Hall–Kier alpha value is -2.81. The smallest absolute Gasteiger partial charge is 0.123 e. The Labute approximate surface area is 148 Å². The number of hydrogen-bond acceptors (Lipinski definition) is 2. The number of likely N-dealkylation sites (tertiary alicyclic amines) is 1. The summed E-state index contributed by atoms with van der Waals surface area (Å²) in [7, 11) is 0. The quantitative estimate of drug-likeness (QED) is 0.858. The van der Waals surface area contributed by atoms with Gasteiger partial charge in [0.15, 0.2) is 0 Å². The lowest BCUT2D eigenvalue weighted by Gasteiger charge is -2.31. The minimum Gasteiger partial charge on any atom is -0.405 e. The van der Waals surface area contributed by atoms with E-state index in [1.54, 1.807) is 0 Å². The van der Waals surface area contributed by atoms with Crippen molar-refractivity contribution in [2.75, 3.05) is 6.54 Å². The summed E-state index contributed by atoms with van der Waals surface area (Å²) in [6, 6.07) is 7.12. The Morgan fingerprint density at radius 2 is 1.92 bits per heavy atom. The Morgan fingerprint density at radius 3 is 2.56 bits per heavy atom. The van der Waals surface area contributed by atoms with Crippen molar-refractivity contribution < 1.29 is 4.39 Å². The molecule has 1 heterocycles. The first-order chi connectivity index (χ1) is 12.1. The highest BCUT2D eigenvalue weighted by atomic mass is 19.1. The van der Waals surface area contributed by atoms with Crippen LogP contribution in [-0.2, 0) is 0 Å². The molecule has 2 aliphatic carbocycles. The molecule has 0 spiro atoms. The first-order valence-corrected chi connectivity index (χ1v) is 8.47. The monoisotopic (exact) mass is 334 g/mol. The van der Waals surface area contributed by atoms with Gasteiger partial charge in [-0.15, -0.1) is 0 Å². The van der Waals surface area contributed by atoms with E-state index >= 15 is 0 Å². The highest BCUT2D eigenvalue weighted by Crippen LogP contribution is 2.48. The van der Waals surface area contributed by atoms with Crippen LogP contribution in [0.3, 0.4) is 0 Å². The number of halogens is 1. The first kappa shape index (κ1) is 17.0. The van der Waals surface area contributed by atoms with Gasteiger partial charge < -0.3 is 10.6 Å². The average molecular weight is 334 g/mol. The van der Waals surface area contributed by atoms with Crippen molar-refractivity contribution in [1.82, 2.24) is 4.90 Å². The summed E-state index contributed by atoms with van der Waals surface area (Å²) in [6.07, 6.45) is 12.2. The van der Waals surface area contributed by atoms with E-state index in [4.69, 9.17) is 0 Å². The van der Waals surface area contributed by atoms with Crippen molar-refractivity contribution in [3.8, 4) is 0 Å². The molecule has 1 aromatic carbocycles. The molecule has 1 saturated heterocycles. The van der Waals surface area contributed by atoms with Gasteiger partial charge in [0.2, 0.25) is 0 Å². The van der Waals surface area contributed by atoms with E-state index in [-0.39, 0.29) is 5.82 Å². The molecule has 0 aromatic heterocycles. The van der Waals surface area contributed by atoms with Gasteiger partial charge in [-0.05, 0) is 47.5 Å². The summed E-state index contributed by atoms with van der Waals surface area (Å²) in [4.78, 5) is 2.36. The second-order valence-electron chi connectivity index (χ2n) is 6.15. The van der Waals surface area contributed by atoms with Crippen molar-refractivity contribution in [3.63, 3.8) is 0 Å². The largest absolute Gasteiger partial charge is 0.405 e. The summed E-state index contributed by atoms with van der Waals surface area (Å²) in [5.41, 5.74) is 10.6. The maximum atomic E-state index is 13.2. The van der Waals surface area contributed by atoms with Crippen molar-refractivity contribution in [2.24, 2.45) is 11.7 Å². The molecule has 25 heavy (non-hydrogen) atoms. The molecule has 0 bridgehead atoms. The lowest BCUT2D eigenvalue weighted by Crippen LogP contribution is -2.32. The predicted molar refractivity (Wildman–Crippen MR) is 103 cm³/mol. The van der Waals surface area contributed by atoms with E-state index in [1.807, 2.05) is 12.1 Å². The lowest BCUT2D eigenvalue weighted by molar-refractivity contribution is 0.328. The second-order valence-corrected chi connectivity index (χ2v) is 6.15. The fourth-order valence-electron chi connectivity index (χ4n) is 3.86. The Bertz CT molecular complexity index is 809. The minimum atomic E-state index is -0.196. The molecule has 0 amide bonds. The van der Waals surface area contributed by atoms with E-state index in [2.05, 4.69) is 61.1 Å². The number of benzene rings is 1. The SMILES string of the molecule is C=C1C2=CC=CC3=C(c4ccc(F)cc4)C=CC(C23)N1CC.C=CN. The second kappa shape index (κ2) is 6.98. The van der Waals surface area contributed by atoms with Crippen LogP contribution >= 0.6 is 0 Å². The van der Waals surface area contributed by atoms with Crippen LogP contribution in [0.25, 0.3) is 5.57 Å². The van der Waals surface area contributed by atoms with Crippen LogP contribution in [0, 0.1) is 11.7 Å². The molecule has 1 aliphatic heterocycles. The predicted octanol–water partition coefficient (Wildman–Crippen LogP) is 4.57. The van der Waals surface area contributed by atoms with Crippen molar-refractivity contribution in [3.05, 3.63) is 102 Å². The summed E-state index contributed by atoms with van der Waals surface area (Å²) in [6.45, 7) is 10.5. The van der Waals surface area contributed by atoms with Gasteiger partial charge in [0.05, 0.1) is 6.04 Å². The van der Waals surface area contributed by atoms with Gasteiger partial charge in [-0.1, -0.05) is 55.7 Å². The van der Waals surface area contributed by atoms with Crippen LogP contribution < -0.4 is 5.73 Å². The van der Waals surface area contributed by atoms with Crippen LogP contribution in [0.5, 0.6) is 0 Å². The van der Waals surface area contributed by atoms with Crippen LogP contribution in [0.4, 0.5) is 4.39 Å². The molecule has 4 rings (SSSR count). The van der Waals surface area contributed by atoms with Crippen LogP contribution in [0.1, 0.15) is 12.5 Å². The third kappa shape index (κ3) is 2.86. The van der Waals surface area contributed by atoms with Gasteiger partial charge in [0.25, 0.3) is 0 Å². The third-order valence-corrected chi connectivity index (χ3v) is 4.87. The van der Waals surface area contributed by atoms with Gasteiger partial charge in [0.1, 0.15) is 5.82 Å². The molecule has 0 radical (unpaired) electrons. The highest BCUT2D eigenvalue weighted by Gasteiger charge is 2.42. The topological polar surface area (TPSA) is 29.3 Å². The van der Waals surface area contributed by atoms with E-state index in [0.29, 0.717) is 12.0 Å². The fourth-order valence-corrected chi connectivity index (χ4v) is 3.86. The van der Waals surface area contributed by atoms with E-state index in [1.165, 1.54) is 35.1 Å². The Balaban J connectivity index is 0.000000569. The number of nitrogens with two attached hydrogens (primary N) is 1. The normalized spacial score (nSPS) is 23.0. The minimum absolute atomic E-state index is 0.196. The molecule has 0 saturated carbocycles. The zero-order valence-corrected chi connectivity index (χ0v) is 14.5. The molecule has 2 unspecified atom stereocenters. The first-order valence-electron chi connectivity index (χ1n) is 8.47. The molecule has 2 atom stereocenters. The summed E-state index contributed by atoms with van der Waals surface area (Å²) in [5.74, 6) is 0.153. The Morgan fingerprint density at radius 1 is 1.24 bits per heavy atom. The maximum Gasteiger partial charge on any atom is 0.123 e. The molecule has 2 N–H and O–H groups in total. The van der Waals surface area contributed by atoms with Crippen molar-refractivity contribution in [1.29, 1.82) is 0 Å². The number of likely N-dealkylation sites (N-methyl/N-ethyl adjacent to an activating group) is 1. The van der Waals surface area contributed by atoms with Crippen LogP contribution in [-0.4, -0.2) is 17.5 Å². The van der Waals surface area contributed by atoms with E-state index in [9.17, 15) is 4.39 Å². The standard InChI is InChI=1S/C20H18FN.C2H5N/c1-3-22-13(2)16-5-4-6-18-17(11-12-19(22)20(16)18)14-7-9-15(21)10-8-14;1-2-3/h4-12,19-20H,2-3H2,1H3;2H,1,3H2. The molecule has 1 aromatic rings. The average Bonchev–Trinajstić information content (AvgIpc) is 2.90. The molecule has 3 heteroatoms. The number of rotatable bonds is 2. The van der Waals surface area contributed by atoms with Gasteiger partial charge in [-0.2, -0.15) is 0 Å². The van der Waals surface area contributed by atoms with Gasteiger partial charge >= 0.3 is 0 Å². The zero-order chi connectivity index (χ0) is 18.0. The van der Waals surface area contributed by atoms with Gasteiger partial charge in [-0.3, -0.25) is 0 Å². The highest BCUT2D eigenvalue weighted by molar-refractivity contribution is 5.82. The zero-order valence-electron chi connectivity index (χ0n) is 14.5.